The number of halogens is 1. The van der Waals surface area contributed by atoms with Crippen LogP contribution in [-0.2, 0) is 17.9 Å². The first-order valence-corrected chi connectivity index (χ1v) is 8.01. The standard InChI is InChI=1S/C19H19FN2O3/c1-13-21-18-9-5-3-7-16(18)19(24)22(13)10-15(23)12-25-11-14-6-2-4-8-17(14)20/h2-9,15,23H,10-12H2,1H3/t15-/m1/s1. The number of benzene rings is 2. The molecule has 0 aliphatic rings. The van der Waals surface area contributed by atoms with E-state index >= 15 is 0 Å². The summed E-state index contributed by atoms with van der Waals surface area (Å²) in [7, 11) is 0. The molecule has 1 atom stereocenters. The molecular formula is C19H19FN2O3. The van der Waals surface area contributed by atoms with Crippen molar-refractivity contribution in [3.8, 4) is 0 Å². The number of aliphatic hydroxyl groups is 1. The van der Waals surface area contributed by atoms with Gasteiger partial charge in [0.15, 0.2) is 0 Å². The van der Waals surface area contributed by atoms with Gasteiger partial charge in [0.2, 0.25) is 0 Å². The summed E-state index contributed by atoms with van der Waals surface area (Å²) in [5.41, 5.74) is 0.859. The third kappa shape index (κ3) is 3.92. The van der Waals surface area contributed by atoms with Crippen molar-refractivity contribution in [3.63, 3.8) is 0 Å². The van der Waals surface area contributed by atoms with Crippen molar-refractivity contribution in [3.05, 3.63) is 76.1 Å². The molecule has 0 aliphatic heterocycles. The van der Waals surface area contributed by atoms with Gasteiger partial charge >= 0.3 is 0 Å². The molecule has 5 nitrogen and oxygen atoms in total. The fraction of sp³-hybridized carbons (Fsp3) is 0.263. The topological polar surface area (TPSA) is 64.4 Å². The lowest BCUT2D eigenvalue weighted by Gasteiger charge is -2.15. The summed E-state index contributed by atoms with van der Waals surface area (Å²) in [5.74, 6) is 0.180. The Balaban J connectivity index is 1.67. The van der Waals surface area contributed by atoms with Crippen LogP contribution in [0.4, 0.5) is 4.39 Å². The quantitative estimate of drug-likeness (QED) is 0.747. The molecule has 0 saturated carbocycles. The number of rotatable bonds is 6. The second kappa shape index (κ2) is 7.55. The van der Waals surface area contributed by atoms with Crippen LogP contribution in [0, 0.1) is 12.7 Å². The number of hydrogen-bond donors (Lipinski definition) is 1. The van der Waals surface area contributed by atoms with E-state index in [0.29, 0.717) is 22.3 Å². The maximum atomic E-state index is 13.5. The summed E-state index contributed by atoms with van der Waals surface area (Å²) in [6.45, 7) is 1.85. The maximum absolute atomic E-state index is 13.5. The van der Waals surface area contributed by atoms with Gasteiger partial charge in [-0.2, -0.15) is 0 Å². The van der Waals surface area contributed by atoms with Gasteiger partial charge in [-0.15, -0.1) is 0 Å². The van der Waals surface area contributed by atoms with Gasteiger partial charge in [-0.1, -0.05) is 30.3 Å². The Bertz CT molecular complexity index is 939. The summed E-state index contributed by atoms with van der Waals surface area (Å²) in [6, 6.07) is 13.4. The summed E-state index contributed by atoms with van der Waals surface area (Å²) >= 11 is 0. The Hall–Kier alpha value is -2.57. The van der Waals surface area contributed by atoms with Crippen LogP contribution in [0.5, 0.6) is 0 Å². The van der Waals surface area contributed by atoms with Crippen LogP contribution in [-0.4, -0.2) is 27.4 Å². The average Bonchev–Trinajstić information content (AvgIpc) is 2.60. The molecule has 0 aliphatic carbocycles. The third-order valence-electron chi connectivity index (χ3n) is 3.97. The number of nitrogens with zero attached hydrogens (tertiary/aromatic N) is 2. The molecule has 0 fully saturated rings. The second-order valence-corrected chi connectivity index (χ2v) is 5.85. The van der Waals surface area contributed by atoms with Gasteiger partial charge in [-0.3, -0.25) is 9.36 Å². The van der Waals surface area contributed by atoms with Gasteiger partial charge < -0.3 is 9.84 Å². The Kier molecular flexibility index (Phi) is 5.21. The Morgan fingerprint density at radius 1 is 1.20 bits per heavy atom. The minimum atomic E-state index is -0.897. The first-order valence-electron chi connectivity index (χ1n) is 8.01. The van der Waals surface area contributed by atoms with Gasteiger partial charge in [0.25, 0.3) is 5.56 Å². The fourth-order valence-electron chi connectivity index (χ4n) is 2.68. The van der Waals surface area contributed by atoms with Gasteiger partial charge in [0.05, 0.1) is 36.8 Å². The van der Waals surface area contributed by atoms with Gasteiger partial charge in [0.1, 0.15) is 11.6 Å². The molecule has 6 heteroatoms. The summed E-state index contributed by atoms with van der Waals surface area (Å²) in [6.07, 6.45) is -0.897. The molecule has 0 spiro atoms. The molecule has 0 saturated heterocycles. The zero-order chi connectivity index (χ0) is 17.8. The van der Waals surface area contributed by atoms with E-state index in [9.17, 15) is 14.3 Å². The molecule has 130 valence electrons. The molecular weight excluding hydrogens is 323 g/mol. The lowest BCUT2D eigenvalue weighted by atomic mass is 10.2. The highest BCUT2D eigenvalue weighted by Crippen LogP contribution is 2.09. The van der Waals surface area contributed by atoms with Crippen LogP contribution >= 0.6 is 0 Å². The van der Waals surface area contributed by atoms with Gasteiger partial charge in [-0.05, 0) is 25.1 Å². The molecule has 1 N–H and O–H groups in total. The highest BCUT2D eigenvalue weighted by Gasteiger charge is 2.12. The number of ether oxygens (including phenoxy) is 1. The number of hydrogen-bond acceptors (Lipinski definition) is 4. The Morgan fingerprint density at radius 3 is 2.72 bits per heavy atom. The zero-order valence-electron chi connectivity index (χ0n) is 13.9. The smallest absolute Gasteiger partial charge is 0.261 e. The van der Waals surface area contributed by atoms with Crippen LogP contribution in [0.2, 0.25) is 0 Å². The number of aryl methyl sites for hydroxylation is 1. The minimum Gasteiger partial charge on any atom is -0.389 e. The largest absolute Gasteiger partial charge is 0.389 e. The van der Waals surface area contributed by atoms with Crippen LogP contribution < -0.4 is 5.56 Å². The molecule has 3 aromatic rings. The molecule has 0 amide bonds. The summed E-state index contributed by atoms with van der Waals surface area (Å²) in [5, 5.41) is 10.7. The monoisotopic (exact) mass is 342 g/mol. The van der Waals surface area contributed by atoms with E-state index in [-0.39, 0.29) is 31.1 Å². The lowest BCUT2D eigenvalue weighted by molar-refractivity contribution is 0.0186. The van der Waals surface area contributed by atoms with Gasteiger partial charge in [-0.25, -0.2) is 9.37 Å². The van der Waals surface area contributed by atoms with Crippen LogP contribution in [0.3, 0.4) is 0 Å². The first-order chi connectivity index (χ1) is 12.1. The normalized spacial score (nSPS) is 12.4. The molecule has 0 bridgehead atoms. The van der Waals surface area contributed by atoms with Crippen LogP contribution in [0.15, 0.2) is 53.3 Å². The van der Waals surface area contributed by atoms with E-state index in [0.717, 1.165) is 0 Å². The lowest BCUT2D eigenvalue weighted by Crippen LogP contribution is -2.31. The van der Waals surface area contributed by atoms with E-state index in [2.05, 4.69) is 4.98 Å². The van der Waals surface area contributed by atoms with E-state index in [1.54, 1.807) is 43.3 Å². The predicted molar refractivity (Wildman–Crippen MR) is 92.8 cm³/mol. The highest BCUT2D eigenvalue weighted by atomic mass is 19.1. The van der Waals surface area contributed by atoms with E-state index in [4.69, 9.17) is 4.74 Å². The van der Waals surface area contributed by atoms with Crippen molar-refractivity contribution in [1.82, 2.24) is 9.55 Å². The number of aliphatic hydroxyl groups excluding tert-OH is 1. The number of fused-ring (bicyclic) bond motifs is 1. The SMILES string of the molecule is Cc1nc2ccccc2c(=O)n1C[C@@H](O)COCc1ccccc1F. The van der Waals surface area contributed by atoms with Crippen molar-refractivity contribution >= 4 is 10.9 Å². The highest BCUT2D eigenvalue weighted by molar-refractivity contribution is 5.77. The van der Waals surface area contributed by atoms with Crippen molar-refractivity contribution in [2.45, 2.75) is 26.2 Å². The Labute approximate surface area is 144 Å². The summed E-state index contributed by atoms with van der Waals surface area (Å²) < 4.78 is 20.3. The molecule has 0 radical (unpaired) electrons. The molecule has 0 unspecified atom stereocenters. The number of aromatic nitrogens is 2. The minimum absolute atomic E-state index is 0.00690. The molecule has 1 aromatic heterocycles. The van der Waals surface area contributed by atoms with Crippen molar-refractivity contribution < 1.29 is 14.2 Å². The molecule has 1 heterocycles. The van der Waals surface area contributed by atoms with Crippen LogP contribution in [0.1, 0.15) is 11.4 Å². The molecule has 2 aromatic carbocycles. The fourth-order valence-corrected chi connectivity index (χ4v) is 2.68. The van der Waals surface area contributed by atoms with Crippen molar-refractivity contribution in [2.75, 3.05) is 6.61 Å². The van der Waals surface area contributed by atoms with Crippen molar-refractivity contribution in [2.24, 2.45) is 0 Å². The first kappa shape index (κ1) is 17.3. The predicted octanol–water partition coefficient (Wildman–Crippen LogP) is 2.42. The van der Waals surface area contributed by atoms with Crippen molar-refractivity contribution in [1.29, 1.82) is 0 Å². The van der Waals surface area contributed by atoms with Gasteiger partial charge in [0, 0.05) is 5.56 Å². The average molecular weight is 342 g/mol. The van der Waals surface area contributed by atoms with E-state index < -0.39 is 6.10 Å². The summed E-state index contributed by atoms with van der Waals surface area (Å²) in [4.78, 5) is 16.9. The second-order valence-electron chi connectivity index (χ2n) is 5.85. The van der Waals surface area contributed by atoms with E-state index in [1.807, 2.05) is 6.07 Å². The van der Waals surface area contributed by atoms with Crippen LogP contribution in [0.25, 0.3) is 10.9 Å². The molecule has 25 heavy (non-hydrogen) atoms. The number of para-hydroxylation sites is 1. The third-order valence-corrected chi connectivity index (χ3v) is 3.97. The molecule has 3 rings (SSSR count). The Morgan fingerprint density at radius 2 is 1.92 bits per heavy atom. The maximum Gasteiger partial charge on any atom is 0.261 e. The zero-order valence-corrected chi connectivity index (χ0v) is 13.9. The van der Waals surface area contributed by atoms with E-state index in [1.165, 1.54) is 10.6 Å².